The first-order valence-corrected chi connectivity index (χ1v) is 7.71. The van der Waals surface area contributed by atoms with Gasteiger partial charge in [0.25, 0.3) is 0 Å². The second-order valence-electron chi connectivity index (χ2n) is 6.01. The summed E-state index contributed by atoms with van der Waals surface area (Å²) in [4.78, 5) is 1.03. The van der Waals surface area contributed by atoms with Gasteiger partial charge in [-0.1, -0.05) is 44.2 Å². The summed E-state index contributed by atoms with van der Waals surface area (Å²) in [5.74, 6) is 0.570. The number of hydrogen-bond donors (Lipinski definition) is 1. The van der Waals surface area contributed by atoms with Crippen LogP contribution in [-0.4, -0.2) is 15.0 Å². The lowest BCUT2D eigenvalue weighted by Crippen LogP contribution is -2.11. The number of nitrogens with two attached hydrogens (primary N) is 1. The van der Waals surface area contributed by atoms with Crippen molar-refractivity contribution < 1.29 is 0 Å². The molecule has 0 aliphatic rings. The Labute approximate surface area is 128 Å². The van der Waals surface area contributed by atoms with Gasteiger partial charge in [-0.15, -0.1) is 16.4 Å². The Morgan fingerprint density at radius 2 is 1.81 bits per heavy atom. The van der Waals surface area contributed by atoms with Crippen molar-refractivity contribution >= 4 is 17.2 Å². The average molecular weight is 298 g/mol. The summed E-state index contributed by atoms with van der Waals surface area (Å²) < 4.78 is 1.68. The second kappa shape index (κ2) is 5.00. The standard InChI is InChI=1S/C16H18N4S/c1-16(2,3)11-6-8-12(9-7-11)20-15(17)14(18-19-20)13-5-4-10-21-13/h4-10H,17H2,1-3H3. The van der Waals surface area contributed by atoms with Crippen molar-refractivity contribution in [1.29, 1.82) is 0 Å². The summed E-state index contributed by atoms with van der Waals surface area (Å²) in [5, 5.41) is 10.4. The second-order valence-corrected chi connectivity index (χ2v) is 6.96. The highest BCUT2D eigenvalue weighted by molar-refractivity contribution is 7.13. The minimum Gasteiger partial charge on any atom is -0.382 e. The molecule has 0 spiro atoms. The Balaban J connectivity index is 1.98. The molecule has 0 aliphatic heterocycles. The Morgan fingerprint density at radius 3 is 2.38 bits per heavy atom. The Morgan fingerprint density at radius 1 is 1.10 bits per heavy atom. The summed E-state index contributed by atoms with van der Waals surface area (Å²) in [5.41, 5.74) is 9.28. The fourth-order valence-corrected chi connectivity index (χ4v) is 2.89. The maximum atomic E-state index is 6.20. The molecule has 21 heavy (non-hydrogen) atoms. The molecule has 3 aromatic rings. The fourth-order valence-electron chi connectivity index (χ4n) is 2.17. The van der Waals surface area contributed by atoms with Crippen molar-refractivity contribution in [3.05, 3.63) is 47.3 Å². The fraction of sp³-hybridized carbons (Fsp3) is 0.250. The van der Waals surface area contributed by atoms with Crippen LogP contribution >= 0.6 is 11.3 Å². The predicted molar refractivity (Wildman–Crippen MR) is 87.8 cm³/mol. The maximum Gasteiger partial charge on any atom is 0.156 e. The highest BCUT2D eigenvalue weighted by atomic mass is 32.1. The molecule has 2 heterocycles. The van der Waals surface area contributed by atoms with E-state index >= 15 is 0 Å². The third-order valence-corrected chi connectivity index (χ3v) is 4.31. The number of aromatic nitrogens is 3. The van der Waals surface area contributed by atoms with E-state index in [1.807, 2.05) is 29.6 Å². The summed E-state index contributed by atoms with van der Waals surface area (Å²) in [6.07, 6.45) is 0. The Kier molecular flexibility index (Phi) is 3.29. The molecule has 0 bridgehead atoms. The number of anilines is 1. The van der Waals surface area contributed by atoms with Crippen LogP contribution in [0, 0.1) is 0 Å². The zero-order chi connectivity index (χ0) is 15.0. The first-order chi connectivity index (χ1) is 9.97. The molecule has 0 amide bonds. The summed E-state index contributed by atoms with van der Waals surface area (Å²) in [6, 6.07) is 12.3. The van der Waals surface area contributed by atoms with Crippen LogP contribution < -0.4 is 5.73 Å². The zero-order valence-electron chi connectivity index (χ0n) is 12.4. The van der Waals surface area contributed by atoms with Gasteiger partial charge in [0.2, 0.25) is 0 Å². The molecule has 1 aromatic carbocycles. The van der Waals surface area contributed by atoms with Crippen molar-refractivity contribution in [3.8, 4) is 16.3 Å². The molecular weight excluding hydrogens is 280 g/mol. The molecule has 0 atom stereocenters. The molecular formula is C16H18N4S. The van der Waals surface area contributed by atoms with Crippen LogP contribution in [0.4, 0.5) is 5.82 Å². The summed E-state index contributed by atoms with van der Waals surface area (Å²) >= 11 is 1.61. The van der Waals surface area contributed by atoms with Crippen molar-refractivity contribution in [3.63, 3.8) is 0 Å². The number of rotatable bonds is 2. The van der Waals surface area contributed by atoms with E-state index in [1.165, 1.54) is 5.56 Å². The van der Waals surface area contributed by atoms with Crippen LogP contribution in [0.15, 0.2) is 41.8 Å². The number of benzene rings is 1. The highest BCUT2D eigenvalue weighted by Crippen LogP contribution is 2.29. The van der Waals surface area contributed by atoms with Gasteiger partial charge in [0.05, 0.1) is 10.6 Å². The molecule has 0 aliphatic carbocycles. The molecule has 108 valence electrons. The number of nitrogen functional groups attached to an aromatic ring is 1. The lowest BCUT2D eigenvalue weighted by Gasteiger charge is -2.19. The first kappa shape index (κ1) is 13.8. The summed E-state index contributed by atoms with van der Waals surface area (Å²) in [7, 11) is 0. The average Bonchev–Trinajstić information content (AvgIpc) is 3.07. The van der Waals surface area contributed by atoms with Gasteiger partial charge in [0, 0.05) is 0 Å². The van der Waals surface area contributed by atoms with Crippen LogP contribution in [0.25, 0.3) is 16.3 Å². The maximum absolute atomic E-state index is 6.20. The topological polar surface area (TPSA) is 56.7 Å². The predicted octanol–water partition coefficient (Wildman–Crippen LogP) is 3.88. The normalized spacial score (nSPS) is 11.8. The van der Waals surface area contributed by atoms with Crippen molar-refractivity contribution in [2.45, 2.75) is 26.2 Å². The van der Waals surface area contributed by atoms with Gasteiger partial charge in [-0.3, -0.25) is 0 Å². The molecule has 2 aromatic heterocycles. The third-order valence-electron chi connectivity index (χ3n) is 3.44. The van der Waals surface area contributed by atoms with Crippen LogP contribution in [0.1, 0.15) is 26.3 Å². The van der Waals surface area contributed by atoms with Gasteiger partial charge in [0.1, 0.15) is 5.69 Å². The Hall–Kier alpha value is -2.14. The van der Waals surface area contributed by atoms with Crippen molar-refractivity contribution in [1.82, 2.24) is 15.0 Å². The van der Waals surface area contributed by atoms with E-state index in [1.54, 1.807) is 16.0 Å². The molecule has 2 N–H and O–H groups in total. The minimum absolute atomic E-state index is 0.134. The minimum atomic E-state index is 0.134. The van der Waals surface area contributed by atoms with Crippen LogP contribution in [0.3, 0.4) is 0 Å². The lowest BCUT2D eigenvalue weighted by atomic mass is 9.87. The monoisotopic (exact) mass is 298 g/mol. The van der Waals surface area contributed by atoms with Crippen LogP contribution in [0.2, 0.25) is 0 Å². The van der Waals surface area contributed by atoms with Gasteiger partial charge in [0.15, 0.2) is 5.82 Å². The molecule has 0 unspecified atom stereocenters. The van der Waals surface area contributed by atoms with Crippen LogP contribution in [-0.2, 0) is 5.41 Å². The lowest BCUT2D eigenvalue weighted by molar-refractivity contribution is 0.590. The molecule has 0 fully saturated rings. The smallest absolute Gasteiger partial charge is 0.156 e. The first-order valence-electron chi connectivity index (χ1n) is 6.83. The van der Waals surface area contributed by atoms with E-state index in [0.717, 1.165) is 16.3 Å². The SMILES string of the molecule is CC(C)(C)c1ccc(-n2nnc(-c3cccs3)c2N)cc1. The number of nitrogens with zero attached hydrogens (tertiary/aromatic N) is 3. The molecule has 4 nitrogen and oxygen atoms in total. The van der Waals surface area contributed by atoms with Gasteiger partial charge in [-0.2, -0.15) is 4.68 Å². The van der Waals surface area contributed by atoms with E-state index < -0.39 is 0 Å². The largest absolute Gasteiger partial charge is 0.382 e. The number of thiophene rings is 1. The third kappa shape index (κ3) is 2.56. The van der Waals surface area contributed by atoms with E-state index in [0.29, 0.717) is 5.82 Å². The number of hydrogen-bond acceptors (Lipinski definition) is 4. The molecule has 3 rings (SSSR count). The molecule has 0 radical (unpaired) electrons. The Bertz CT molecular complexity index is 734. The van der Waals surface area contributed by atoms with E-state index in [4.69, 9.17) is 5.73 Å². The van der Waals surface area contributed by atoms with Crippen molar-refractivity contribution in [2.24, 2.45) is 0 Å². The molecule has 0 saturated carbocycles. The molecule has 0 saturated heterocycles. The van der Waals surface area contributed by atoms with E-state index in [9.17, 15) is 0 Å². The highest BCUT2D eigenvalue weighted by Gasteiger charge is 2.16. The quantitative estimate of drug-likeness (QED) is 0.781. The summed E-state index contributed by atoms with van der Waals surface area (Å²) in [6.45, 7) is 6.59. The van der Waals surface area contributed by atoms with Gasteiger partial charge in [-0.05, 0) is 34.6 Å². The van der Waals surface area contributed by atoms with E-state index in [-0.39, 0.29) is 5.41 Å². The van der Waals surface area contributed by atoms with Crippen LogP contribution in [0.5, 0.6) is 0 Å². The molecule has 5 heteroatoms. The van der Waals surface area contributed by atoms with Crippen molar-refractivity contribution in [2.75, 3.05) is 5.73 Å². The zero-order valence-corrected chi connectivity index (χ0v) is 13.2. The van der Waals surface area contributed by atoms with Gasteiger partial charge < -0.3 is 5.73 Å². The van der Waals surface area contributed by atoms with E-state index in [2.05, 4.69) is 43.2 Å². The van der Waals surface area contributed by atoms with Gasteiger partial charge in [-0.25, -0.2) is 0 Å². The van der Waals surface area contributed by atoms with Gasteiger partial charge >= 0.3 is 0 Å².